The quantitative estimate of drug-likeness (QED) is 0.947. The first-order chi connectivity index (χ1) is 11.3. The van der Waals surface area contributed by atoms with Gasteiger partial charge in [0.25, 0.3) is 0 Å². The summed E-state index contributed by atoms with van der Waals surface area (Å²) in [7, 11) is 0. The minimum Gasteiger partial charge on any atom is -0.467 e. The Morgan fingerprint density at radius 1 is 1.22 bits per heavy atom. The highest BCUT2D eigenvalue weighted by Crippen LogP contribution is 2.38. The van der Waals surface area contributed by atoms with E-state index in [-0.39, 0.29) is 11.8 Å². The van der Waals surface area contributed by atoms with Gasteiger partial charge in [0, 0.05) is 18.3 Å². The molecule has 0 saturated carbocycles. The van der Waals surface area contributed by atoms with Crippen LogP contribution < -0.4 is 10.2 Å². The normalized spacial score (nSPS) is 23.0. The fraction of sp³-hybridized carbons (Fsp3) is 0.421. The first kappa shape index (κ1) is 14.4. The summed E-state index contributed by atoms with van der Waals surface area (Å²) in [5, 5.41) is 3.06. The van der Waals surface area contributed by atoms with Gasteiger partial charge in [-0.05, 0) is 49.4 Å². The molecule has 0 bridgehead atoms. The number of hydrogen-bond acceptors (Lipinski definition) is 3. The molecule has 0 radical (unpaired) electrons. The predicted molar refractivity (Wildman–Crippen MR) is 89.2 cm³/mol. The number of carbonyl (C=O) groups excluding carboxylic acids is 1. The zero-order valence-corrected chi connectivity index (χ0v) is 13.2. The standard InChI is InChI=1S/C19H22N2O2/c22-19(20-13-15-7-5-11-23-15)16-12-14-6-1-2-8-17(14)21-10-4-3-9-18(16)21/h1-2,5-8,11,16,18H,3-4,9-10,12-13H2,(H,20,22)/t16-,18+/m0/s1. The molecule has 0 unspecified atom stereocenters. The molecular formula is C19H22N2O2. The number of piperidine rings is 1. The van der Waals surface area contributed by atoms with Crippen molar-refractivity contribution < 1.29 is 9.21 Å². The average Bonchev–Trinajstić information content (AvgIpc) is 3.12. The van der Waals surface area contributed by atoms with E-state index in [1.807, 2.05) is 12.1 Å². The van der Waals surface area contributed by atoms with Gasteiger partial charge in [-0.25, -0.2) is 0 Å². The number of para-hydroxylation sites is 1. The maximum atomic E-state index is 12.8. The average molecular weight is 310 g/mol. The Kier molecular flexibility index (Phi) is 3.82. The number of rotatable bonds is 3. The Bertz CT molecular complexity index is 680. The van der Waals surface area contributed by atoms with Crippen LogP contribution in [0.1, 0.15) is 30.6 Å². The van der Waals surface area contributed by atoms with Gasteiger partial charge in [0.1, 0.15) is 5.76 Å². The van der Waals surface area contributed by atoms with Gasteiger partial charge in [0.05, 0.1) is 18.7 Å². The lowest BCUT2D eigenvalue weighted by molar-refractivity contribution is -0.126. The molecule has 2 aliphatic heterocycles. The number of nitrogens with zero attached hydrogens (tertiary/aromatic N) is 1. The van der Waals surface area contributed by atoms with Crippen molar-refractivity contribution in [3.05, 3.63) is 54.0 Å². The van der Waals surface area contributed by atoms with Crippen molar-refractivity contribution in [3.8, 4) is 0 Å². The molecule has 2 atom stereocenters. The van der Waals surface area contributed by atoms with E-state index in [9.17, 15) is 4.79 Å². The van der Waals surface area contributed by atoms with E-state index in [0.29, 0.717) is 12.6 Å². The number of carbonyl (C=O) groups is 1. The number of nitrogens with one attached hydrogen (secondary N) is 1. The fourth-order valence-corrected chi connectivity index (χ4v) is 4.00. The Balaban J connectivity index is 1.54. The summed E-state index contributed by atoms with van der Waals surface area (Å²) >= 11 is 0. The van der Waals surface area contributed by atoms with Gasteiger partial charge in [-0.3, -0.25) is 4.79 Å². The van der Waals surface area contributed by atoms with Gasteiger partial charge in [0.15, 0.2) is 0 Å². The lowest BCUT2D eigenvalue weighted by Gasteiger charge is -2.46. The van der Waals surface area contributed by atoms with E-state index < -0.39 is 0 Å². The van der Waals surface area contributed by atoms with Crippen molar-refractivity contribution >= 4 is 11.6 Å². The molecule has 1 saturated heterocycles. The maximum Gasteiger partial charge on any atom is 0.225 e. The Hall–Kier alpha value is -2.23. The highest BCUT2D eigenvalue weighted by Gasteiger charge is 2.39. The van der Waals surface area contributed by atoms with E-state index in [1.165, 1.54) is 24.1 Å². The summed E-state index contributed by atoms with van der Waals surface area (Å²) < 4.78 is 5.31. The zero-order valence-electron chi connectivity index (χ0n) is 13.2. The van der Waals surface area contributed by atoms with Crippen LogP contribution in [0, 0.1) is 5.92 Å². The van der Waals surface area contributed by atoms with Crippen LogP contribution in [0.5, 0.6) is 0 Å². The third-order valence-corrected chi connectivity index (χ3v) is 5.11. The van der Waals surface area contributed by atoms with Crippen LogP contribution in [0.2, 0.25) is 0 Å². The summed E-state index contributed by atoms with van der Waals surface area (Å²) in [5.41, 5.74) is 2.62. The predicted octanol–water partition coefficient (Wildman–Crippen LogP) is 3.13. The molecule has 1 fully saturated rings. The number of benzene rings is 1. The molecule has 1 aromatic carbocycles. The van der Waals surface area contributed by atoms with E-state index >= 15 is 0 Å². The molecule has 1 aromatic heterocycles. The van der Waals surface area contributed by atoms with Gasteiger partial charge in [-0.2, -0.15) is 0 Å². The van der Waals surface area contributed by atoms with Crippen molar-refractivity contribution in [1.82, 2.24) is 5.32 Å². The Labute approximate surface area is 136 Å². The number of amides is 1. The molecular weight excluding hydrogens is 288 g/mol. The highest BCUT2D eigenvalue weighted by molar-refractivity contribution is 5.82. The lowest BCUT2D eigenvalue weighted by Crippen LogP contribution is -2.53. The van der Waals surface area contributed by atoms with Crippen LogP contribution >= 0.6 is 0 Å². The van der Waals surface area contributed by atoms with Gasteiger partial charge < -0.3 is 14.6 Å². The molecule has 2 aromatic rings. The lowest BCUT2D eigenvalue weighted by atomic mass is 9.80. The van der Waals surface area contributed by atoms with Crippen molar-refractivity contribution in [3.63, 3.8) is 0 Å². The van der Waals surface area contributed by atoms with E-state index in [2.05, 4.69) is 34.5 Å². The summed E-state index contributed by atoms with van der Waals surface area (Å²) in [5.74, 6) is 0.975. The van der Waals surface area contributed by atoms with Crippen molar-refractivity contribution in [2.75, 3.05) is 11.4 Å². The Morgan fingerprint density at radius 3 is 3.00 bits per heavy atom. The van der Waals surface area contributed by atoms with Crippen LogP contribution in [0.3, 0.4) is 0 Å². The second-order valence-electron chi connectivity index (χ2n) is 6.49. The fourth-order valence-electron chi connectivity index (χ4n) is 4.00. The molecule has 0 aliphatic carbocycles. The van der Waals surface area contributed by atoms with Crippen molar-refractivity contribution in [1.29, 1.82) is 0 Å². The summed E-state index contributed by atoms with van der Waals surface area (Å²) in [4.78, 5) is 15.2. The largest absolute Gasteiger partial charge is 0.467 e. The molecule has 4 heteroatoms. The molecule has 23 heavy (non-hydrogen) atoms. The van der Waals surface area contributed by atoms with Gasteiger partial charge in [-0.15, -0.1) is 0 Å². The van der Waals surface area contributed by atoms with Gasteiger partial charge in [0.2, 0.25) is 5.91 Å². The van der Waals surface area contributed by atoms with Gasteiger partial charge >= 0.3 is 0 Å². The first-order valence-electron chi connectivity index (χ1n) is 8.47. The van der Waals surface area contributed by atoms with Crippen LogP contribution in [-0.2, 0) is 17.8 Å². The number of furan rings is 1. The molecule has 4 nitrogen and oxygen atoms in total. The van der Waals surface area contributed by atoms with E-state index in [1.54, 1.807) is 6.26 Å². The van der Waals surface area contributed by atoms with Gasteiger partial charge in [-0.1, -0.05) is 18.2 Å². The van der Waals surface area contributed by atoms with Crippen LogP contribution in [0.4, 0.5) is 5.69 Å². The minimum atomic E-state index is 0.0279. The molecule has 2 aliphatic rings. The second-order valence-corrected chi connectivity index (χ2v) is 6.49. The summed E-state index contributed by atoms with van der Waals surface area (Å²) in [6, 6.07) is 12.6. The SMILES string of the molecule is O=C(NCc1ccco1)[C@H]1Cc2ccccc2N2CCCC[C@H]12. The monoisotopic (exact) mass is 310 g/mol. The van der Waals surface area contributed by atoms with E-state index in [0.717, 1.165) is 25.1 Å². The smallest absolute Gasteiger partial charge is 0.225 e. The van der Waals surface area contributed by atoms with Crippen LogP contribution in [-0.4, -0.2) is 18.5 Å². The topological polar surface area (TPSA) is 45.5 Å². The Morgan fingerprint density at radius 2 is 2.13 bits per heavy atom. The van der Waals surface area contributed by atoms with Crippen LogP contribution in [0.25, 0.3) is 0 Å². The second kappa shape index (κ2) is 6.11. The van der Waals surface area contributed by atoms with E-state index in [4.69, 9.17) is 4.42 Å². The third kappa shape index (κ3) is 2.74. The molecule has 3 heterocycles. The zero-order chi connectivity index (χ0) is 15.6. The highest BCUT2D eigenvalue weighted by atomic mass is 16.3. The number of anilines is 1. The third-order valence-electron chi connectivity index (χ3n) is 5.11. The minimum absolute atomic E-state index is 0.0279. The molecule has 120 valence electrons. The first-order valence-corrected chi connectivity index (χ1v) is 8.47. The van der Waals surface area contributed by atoms with Crippen molar-refractivity contribution in [2.45, 2.75) is 38.3 Å². The number of fused-ring (bicyclic) bond motifs is 3. The van der Waals surface area contributed by atoms with Crippen LogP contribution in [0.15, 0.2) is 47.1 Å². The summed E-state index contributed by atoms with van der Waals surface area (Å²) in [6.45, 7) is 1.53. The molecule has 4 rings (SSSR count). The molecule has 0 spiro atoms. The van der Waals surface area contributed by atoms with Crippen molar-refractivity contribution in [2.24, 2.45) is 5.92 Å². The molecule has 1 N–H and O–H groups in total. The maximum absolute atomic E-state index is 12.8. The molecule has 1 amide bonds. The number of hydrogen-bond donors (Lipinski definition) is 1. The summed E-state index contributed by atoms with van der Waals surface area (Å²) in [6.07, 6.45) is 6.01.